The topological polar surface area (TPSA) is 0 Å². The molecular formula is C21H26. The monoisotopic (exact) mass is 278 g/mol. The van der Waals surface area contributed by atoms with Crippen LogP contribution in [0, 0.1) is 0 Å². The second-order valence-electron chi connectivity index (χ2n) is 5.55. The summed E-state index contributed by atoms with van der Waals surface area (Å²) in [7, 11) is 0. The van der Waals surface area contributed by atoms with Crippen LogP contribution in [0.25, 0.3) is 5.57 Å². The lowest BCUT2D eigenvalue weighted by Gasteiger charge is -2.36. The second-order valence-corrected chi connectivity index (χ2v) is 5.55. The highest BCUT2D eigenvalue weighted by atomic mass is 14.4. The molecule has 0 aromatic heterocycles. The van der Waals surface area contributed by atoms with Gasteiger partial charge in [0.1, 0.15) is 0 Å². The molecule has 0 aliphatic carbocycles. The van der Waals surface area contributed by atoms with E-state index in [1.165, 1.54) is 16.7 Å². The average molecular weight is 278 g/mol. The Morgan fingerprint density at radius 2 is 1.33 bits per heavy atom. The van der Waals surface area contributed by atoms with Gasteiger partial charge in [0.05, 0.1) is 0 Å². The third kappa shape index (κ3) is 3.10. The van der Waals surface area contributed by atoms with Crippen molar-refractivity contribution in [2.24, 2.45) is 0 Å². The van der Waals surface area contributed by atoms with Crippen LogP contribution in [-0.4, -0.2) is 0 Å². The lowest BCUT2D eigenvalue weighted by Crippen LogP contribution is -2.26. The fourth-order valence-corrected chi connectivity index (χ4v) is 3.36. The van der Waals surface area contributed by atoms with E-state index in [1.54, 1.807) is 0 Å². The van der Waals surface area contributed by atoms with Gasteiger partial charge in [0.25, 0.3) is 0 Å². The Hall–Kier alpha value is -1.82. The molecule has 0 nitrogen and oxygen atoms in total. The molecule has 0 amide bonds. The van der Waals surface area contributed by atoms with Crippen molar-refractivity contribution < 1.29 is 0 Å². The SMILES string of the molecule is CC/C=C(/c1ccccc1)C(CC)(CC)c1ccccc1. The summed E-state index contributed by atoms with van der Waals surface area (Å²) in [6.45, 7) is 6.84. The van der Waals surface area contributed by atoms with Crippen molar-refractivity contribution in [3.05, 3.63) is 77.9 Å². The molecule has 0 unspecified atom stereocenters. The summed E-state index contributed by atoms with van der Waals surface area (Å²) in [6, 6.07) is 21.8. The van der Waals surface area contributed by atoms with Crippen LogP contribution in [0.3, 0.4) is 0 Å². The average Bonchev–Trinajstić information content (AvgIpc) is 2.57. The smallest absolute Gasteiger partial charge is 0.0200 e. The number of hydrogen-bond donors (Lipinski definition) is 0. The van der Waals surface area contributed by atoms with E-state index in [-0.39, 0.29) is 5.41 Å². The van der Waals surface area contributed by atoms with Gasteiger partial charge in [-0.2, -0.15) is 0 Å². The summed E-state index contributed by atoms with van der Waals surface area (Å²) < 4.78 is 0. The highest BCUT2D eigenvalue weighted by Crippen LogP contribution is 2.44. The van der Waals surface area contributed by atoms with Gasteiger partial charge >= 0.3 is 0 Å². The summed E-state index contributed by atoms with van der Waals surface area (Å²) in [4.78, 5) is 0. The lowest BCUT2D eigenvalue weighted by molar-refractivity contribution is 0.514. The summed E-state index contributed by atoms with van der Waals surface area (Å²) in [5.74, 6) is 0. The molecule has 0 N–H and O–H groups in total. The van der Waals surface area contributed by atoms with Crippen molar-refractivity contribution in [3.63, 3.8) is 0 Å². The van der Waals surface area contributed by atoms with Gasteiger partial charge in [-0.3, -0.25) is 0 Å². The number of allylic oxidation sites excluding steroid dienone is 2. The maximum Gasteiger partial charge on any atom is 0.0200 e. The van der Waals surface area contributed by atoms with Crippen LogP contribution in [-0.2, 0) is 5.41 Å². The Kier molecular flexibility index (Phi) is 5.38. The van der Waals surface area contributed by atoms with Crippen LogP contribution in [0.4, 0.5) is 0 Å². The Balaban J connectivity index is 2.61. The normalized spacial score (nSPS) is 12.4. The van der Waals surface area contributed by atoms with E-state index in [0.717, 1.165) is 19.3 Å². The van der Waals surface area contributed by atoms with E-state index in [2.05, 4.69) is 87.5 Å². The van der Waals surface area contributed by atoms with Crippen molar-refractivity contribution in [2.75, 3.05) is 0 Å². The largest absolute Gasteiger partial charge is 0.0801 e. The summed E-state index contributed by atoms with van der Waals surface area (Å²) >= 11 is 0. The van der Waals surface area contributed by atoms with Crippen molar-refractivity contribution >= 4 is 5.57 Å². The predicted molar refractivity (Wildman–Crippen MR) is 93.4 cm³/mol. The van der Waals surface area contributed by atoms with Gasteiger partial charge < -0.3 is 0 Å². The molecule has 0 aliphatic heterocycles. The van der Waals surface area contributed by atoms with Crippen LogP contribution in [0.1, 0.15) is 51.2 Å². The molecule has 2 aromatic carbocycles. The standard InChI is InChI=1S/C21H26/c1-4-13-20(18-14-9-7-10-15-18)21(5-2,6-3)19-16-11-8-12-17-19/h7-17H,4-6H2,1-3H3/b20-13-. The molecular weight excluding hydrogens is 252 g/mol. The van der Waals surface area contributed by atoms with Crippen LogP contribution in [0.5, 0.6) is 0 Å². The van der Waals surface area contributed by atoms with Crippen LogP contribution < -0.4 is 0 Å². The molecule has 0 saturated heterocycles. The Labute approximate surface area is 129 Å². The molecule has 2 aromatic rings. The first-order valence-corrected chi connectivity index (χ1v) is 8.10. The van der Waals surface area contributed by atoms with Crippen LogP contribution in [0.2, 0.25) is 0 Å². The maximum absolute atomic E-state index is 2.41. The fourth-order valence-electron chi connectivity index (χ4n) is 3.36. The minimum Gasteiger partial charge on any atom is -0.0801 e. The van der Waals surface area contributed by atoms with E-state index >= 15 is 0 Å². The molecule has 0 aliphatic rings. The molecule has 0 saturated carbocycles. The molecule has 0 bridgehead atoms. The highest BCUT2D eigenvalue weighted by molar-refractivity contribution is 5.75. The maximum atomic E-state index is 2.41. The molecule has 0 heteroatoms. The Morgan fingerprint density at radius 3 is 1.81 bits per heavy atom. The van der Waals surface area contributed by atoms with Crippen molar-refractivity contribution in [2.45, 2.75) is 45.4 Å². The number of benzene rings is 2. The third-order valence-corrected chi connectivity index (χ3v) is 4.54. The molecule has 0 radical (unpaired) electrons. The third-order valence-electron chi connectivity index (χ3n) is 4.54. The van der Waals surface area contributed by atoms with E-state index in [0.29, 0.717) is 0 Å². The fraction of sp³-hybridized carbons (Fsp3) is 0.333. The van der Waals surface area contributed by atoms with Gasteiger partial charge in [-0.25, -0.2) is 0 Å². The zero-order valence-corrected chi connectivity index (χ0v) is 13.5. The van der Waals surface area contributed by atoms with Gasteiger partial charge in [0, 0.05) is 5.41 Å². The second kappa shape index (κ2) is 7.26. The van der Waals surface area contributed by atoms with Crippen LogP contribution >= 0.6 is 0 Å². The zero-order valence-electron chi connectivity index (χ0n) is 13.5. The highest BCUT2D eigenvalue weighted by Gasteiger charge is 2.32. The van der Waals surface area contributed by atoms with Crippen molar-refractivity contribution in [3.8, 4) is 0 Å². The zero-order chi connectivity index (χ0) is 15.1. The molecule has 2 rings (SSSR count). The van der Waals surface area contributed by atoms with Crippen molar-refractivity contribution in [1.29, 1.82) is 0 Å². The first-order chi connectivity index (χ1) is 10.3. The molecule has 0 atom stereocenters. The van der Waals surface area contributed by atoms with Crippen LogP contribution in [0.15, 0.2) is 66.7 Å². The molecule has 0 heterocycles. The van der Waals surface area contributed by atoms with E-state index in [4.69, 9.17) is 0 Å². The van der Waals surface area contributed by atoms with E-state index < -0.39 is 0 Å². The Bertz CT molecular complexity index is 560. The molecule has 21 heavy (non-hydrogen) atoms. The quantitative estimate of drug-likeness (QED) is 0.587. The summed E-state index contributed by atoms with van der Waals surface area (Å²) in [5, 5.41) is 0. The van der Waals surface area contributed by atoms with Crippen molar-refractivity contribution in [1.82, 2.24) is 0 Å². The number of hydrogen-bond acceptors (Lipinski definition) is 0. The minimum atomic E-state index is 0.110. The Morgan fingerprint density at radius 1 is 0.810 bits per heavy atom. The van der Waals surface area contributed by atoms with Gasteiger partial charge in [-0.15, -0.1) is 0 Å². The first-order valence-electron chi connectivity index (χ1n) is 8.10. The molecule has 110 valence electrons. The van der Waals surface area contributed by atoms with Gasteiger partial charge in [-0.05, 0) is 36.0 Å². The molecule has 0 spiro atoms. The summed E-state index contributed by atoms with van der Waals surface area (Å²) in [6.07, 6.45) is 5.72. The first kappa shape index (κ1) is 15.6. The predicted octanol–water partition coefficient (Wildman–Crippen LogP) is 6.24. The number of rotatable bonds is 6. The lowest BCUT2D eigenvalue weighted by atomic mass is 9.68. The van der Waals surface area contributed by atoms with Gasteiger partial charge in [0.2, 0.25) is 0 Å². The minimum absolute atomic E-state index is 0.110. The van der Waals surface area contributed by atoms with Gasteiger partial charge in [0.15, 0.2) is 0 Å². The summed E-state index contributed by atoms with van der Waals surface area (Å²) in [5.41, 5.74) is 4.37. The van der Waals surface area contributed by atoms with E-state index in [9.17, 15) is 0 Å². The molecule has 0 fully saturated rings. The van der Waals surface area contributed by atoms with Gasteiger partial charge in [-0.1, -0.05) is 87.5 Å². The van der Waals surface area contributed by atoms with E-state index in [1.807, 2.05) is 0 Å².